The summed E-state index contributed by atoms with van der Waals surface area (Å²) in [5, 5.41) is 0. The van der Waals surface area contributed by atoms with Gasteiger partial charge in [-0.05, 0) is 48.6 Å². The molecule has 1 aliphatic rings. The molecule has 0 N–H and O–H groups in total. The molecule has 1 saturated heterocycles. The monoisotopic (exact) mass is 353 g/mol. The van der Waals surface area contributed by atoms with Crippen LogP contribution in [0.1, 0.15) is 29.2 Å². The van der Waals surface area contributed by atoms with Gasteiger partial charge in [0.2, 0.25) is 0 Å². The van der Waals surface area contributed by atoms with E-state index in [4.69, 9.17) is 12.2 Å². The number of benzene rings is 2. The number of carbonyl (C=O) groups excluding carboxylic acids is 1. The summed E-state index contributed by atoms with van der Waals surface area (Å²) in [5.41, 5.74) is 5.64. The lowest BCUT2D eigenvalue weighted by Gasteiger charge is -2.14. The second-order valence-electron chi connectivity index (χ2n) is 6.00. The van der Waals surface area contributed by atoms with Crippen LogP contribution in [0.15, 0.2) is 53.4 Å². The van der Waals surface area contributed by atoms with Crippen molar-refractivity contribution in [2.45, 2.75) is 27.3 Å². The highest BCUT2D eigenvalue weighted by Crippen LogP contribution is 2.37. The summed E-state index contributed by atoms with van der Waals surface area (Å²) in [5.74, 6) is 0.00424. The van der Waals surface area contributed by atoms with E-state index in [-0.39, 0.29) is 5.91 Å². The highest BCUT2D eigenvalue weighted by Gasteiger charge is 2.33. The van der Waals surface area contributed by atoms with Gasteiger partial charge in [0, 0.05) is 0 Å². The third kappa shape index (κ3) is 3.30. The molecule has 0 atom stereocenters. The van der Waals surface area contributed by atoms with Crippen molar-refractivity contribution >= 4 is 39.8 Å². The number of allylic oxidation sites excluding steroid dienone is 1. The molecule has 1 fully saturated rings. The Labute approximate surface area is 152 Å². The van der Waals surface area contributed by atoms with Crippen LogP contribution in [0.5, 0.6) is 0 Å². The van der Waals surface area contributed by atoms with Gasteiger partial charge >= 0.3 is 0 Å². The first-order valence-corrected chi connectivity index (χ1v) is 9.06. The molecular formula is C20H19NOS2. The van der Waals surface area contributed by atoms with Gasteiger partial charge in [-0.15, -0.1) is 0 Å². The van der Waals surface area contributed by atoms with Crippen LogP contribution >= 0.6 is 24.0 Å². The molecule has 2 nitrogen and oxygen atoms in total. The number of rotatable bonds is 3. The van der Waals surface area contributed by atoms with Gasteiger partial charge in [0.25, 0.3) is 5.91 Å². The first kappa shape index (κ1) is 16.9. The predicted molar refractivity (Wildman–Crippen MR) is 106 cm³/mol. The number of hydrogen-bond donors (Lipinski definition) is 0. The zero-order valence-corrected chi connectivity index (χ0v) is 15.6. The Balaban J connectivity index is 1.91. The topological polar surface area (TPSA) is 20.3 Å². The van der Waals surface area contributed by atoms with Crippen molar-refractivity contribution in [3.63, 3.8) is 0 Å². The minimum atomic E-state index is 0.00424. The van der Waals surface area contributed by atoms with Crippen molar-refractivity contribution in [1.82, 2.24) is 4.90 Å². The van der Waals surface area contributed by atoms with Crippen LogP contribution < -0.4 is 0 Å². The minimum absolute atomic E-state index is 0.00424. The molecule has 0 aliphatic carbocycles. The van der Waals surface area contributed by atoms with Crippen LogP contribution in [0.4, 0.5) is 0 Å². The molecule has 4 heteroatoms. The predicted octanol–water partition coefficient (Wildman–Crippen LogP) is 5.09. The van der Waals surface area contributed by atoms with Crippen LogP contribution in [0, 0.1) is 13.8 Å². The van der Waals surface area contributed by atoms with Gasteiger partial charge in [-0.25, -0.2) is 0 Å². The highest BCUT2D eigenvalue weighted by molar-refractivity contribution is 8.26. The minimum Gasteiger partial charge on any atom is -0.288 e. The van der Waals surface area contributed by atoms with Gasteiger partial charge < -0.3 is 0 Å². The van der Waals surface area contributed by atoms with E-state index in [1.807, 2.05) is 37.3 Å². The Hall–Kier alpha value is -1.91. The third-order valence-electron chi connectivity index (χ3n) is 4.31. The molecule has 3 rings (SSSR count). The molecule has 1 amide bonds. The SMILES string of the molecule is C/C(=C1/SC(=S)N(Cc2ccccc2)C1=O)c1ccc(C)c(C)c1. The largest absolute Gasteiger partial charge is 0.288 e. The second-order valence-corrected chi connectivity index (χ2v) is 7.64. The molecule has 1 heterocycles. The van der Waals surface area contributed by atoms with Crippen LogP contribution in [0.3, 0.4) is 0 Å². The number of aryl methyl sites for hydroxylation is 2. The fourth-order valence-corrected chi connectivity index (χ4v) is 3.93. The lowest BCUT2D eigenvalue weighted by Crippen LogP contribution is -2.27. The first-order valence-electron chi connectivity index (χ1n) is 7.83. The summed E-state index contributed by atoms with van der Waals surface area (Å²) < 4.78 is 0.627. The fourth-order valence-electron chi connectivity index (χ4n) is 2.64. The van der Waals surface area contributed by atoms with Crippen molar-refractivity contribution in [2.24, 2.45) is 0 Å². The molecule has 0 radical (unpaired) electrons. The van der Waals surface area contributed by atoms with Crippen molar-refractivity contribution in [3.8, 4) is 0 Å². The smallest absolute Gasteiger partial charge is 0.266 e. The molecule has 0 bridgehead atoms. The van der Waals surface area contributed by atoms with Crippen LogP contribution in [-0.4, -0.2) is 15.1 Å². The molecule has 122 valence electrons. The summed E-state index contributed by atoms with van der Waals surface area (Å²) in [6.07, 6.45) is 0. The van der Waals surface area contributed by atoms with E-state index in [1.165, 1.54) is 22.9 Å². The summed E-state index contributed by atoms with van der Waals surface area (Å²) in [4.78, 5) is 15.3. The Morgan fingerprint density at radius 3 is 2.46 bits per heavy atom. The number of nitrogens with zero attached hydrogens (tertiary/aromatic N) is 1. The van der Waals surface area contributed by atoms with E-state index in [1.54, 1.807) is 4.90 Å². The molecule has 1 aliphatic heterocycles. The molecule has 0 aromatic heterocycles. The van der Waals surface area contributed by atoms with E-state index in [0.717, 1.165) is 21.6 Å². The number of carbonyl (C=O) groups is 1. The van der Waals surface area contributed by atoms with Crippen molar-refractivity contribution < 1.29 is 4.79 Å². The maximum Gasteiger partial charge on any atom is 0.266 e. The molecule has 2 aromatic carbocycles. The van der Waals surface area contributed by atoms with Gasteiger partial charge in [-0.1, -0.05) is 72.5 Å². The second kappa shape index (κ2) is 6.91. The zero-order chi connectivity index (χ0) is 17.3. The van der Waals surface area contributed by atoms with Crippen molar-refractivity contribution in [1.29, 1.82) is 0 Å². The normalized spacial score (nSPS) is 16.7. The Kier molecular flexibility index (Phi) is 4.88. The quantitative estimate of drug-likeness (QED) is 0.566. The average Bonchev–Trinajstić information content (AvgIpc) is 2.86. The molecule has 0 saturated carbocycles. The Morgan fingerprint density at radius 1 is 1.08 bits per heavy atom. The summed E-state index contributed by atoms with van der Waals surface area (Å²) in [6.45, 7) is 6.70. The van der Waals surface area contributed by atoms with Crippen LogP contribution in [0.25, 0.3) is 5.57 Å². The van der Waals surface area contributed by atoms with Crippen molar-refractivity contribution in [3.05, 3.63) is 75.7 Å². The summed E-state index contributed by atoms with van der Waals surface area (Å²) >= 11 is 6.84. The zero-order valence-electron chi connectivity index (χ0n) is 14.0. The van der Waals surface area contributed by atoms with E-state index in [9.17, 15) is 4.79 Å². The lowest BCUT2D eigenvalue weighted by molar-refractivity contribution is -0.122. The third-order valence-corrected chi connectivity index (χ3v) is 5.86. The molecule has 2 aromatic rings. The standard InChI is InChI=1S/C20H19NOS2/c1-13-9-10-17(11-14(13)2)15(3)18-19(22)21(20(23)24-18)12-16-7-5-4-6-8-16/h4-11H,12H2,1-3H3/b18-15-. The van der Waals surface area contributed by atoms with Crippen LogP contribution in [-0.2, 0) is 11.3 Å². The highest BCUT2D eigenvalue weighted by atomic mass is 32.2. The summed E-state index contributed by atoms with van der Waals surface area (Å²) in [7, 11) is 0. The summed E-state index contributed by atoms with van der Waals surface area (Å²) in [6, 6.07) is 16.2. The van der Waals surface area contributed by atoms with E-state index < -0.39 is 0 Å². The first-order chi connectivity index (χ1) is 11.5. The van der Waals surface area contributed by atoms with Gasteiger partial charge in [-0.3, -0.25) is 9.69 Å². The molecule has 24 heavy (non-hydrogen) atoms. The van der Waals surface area contributed by atoms with Crippen LogP contribution in [0.2, 0.25) is 0 Å². The maximum atomic E-state index is 12.8. The Morgan fingerprint density at radius 2 is 1.79 bits per heavy atom. The van der Waals surface area contributed by atoms with E-state index in [0.29, 0.717) is 10.9 Å². The Bertz CT molecular complexity index is 840. The number of amides is 1. The van der Waals surface area contributed by atoms with Gasteiger partial charge in [0.05, 0.1) is 11.4 Å². The van der Waals surface area contributed by atoms with Gasteiger partial charge in [0.1, 0.15) is 4.32 Å². The fraction of sp³-hybridized carbons (Fsp3) is 0.200. The van der Waals surface area contributed by atoms with E-state index in [2.05, 4.69) is 32.0 Å². The molecule has 0 spiro atoms. The van der Waals surface area contributed by atoms with Crippen molar-refractivity contribution in [2.75, 3.05) is 0 Å². The maximum absolute atomic E-state index is 12.8. The number of thiocarbonyl (C=S) groups is 1. The van der Waals surface area contributed by atoms with E-state index >= 15 is 0 Å². The van der Waals surface area contributed by atoms with Gasteiger partial charge in [-0.2, -0.15) is 0 Å². The average molecular weight is 354 g/mol. The molecular weight excluding hydrogens is 334 g/mol. The van der Waals surface area contributed by atoms with Gasteiger partial charge in [0.15, 0.2) is 0 Å². The molecule has 0 unspecified atom stereocenters. The number of hydrogen-bond acceptors (Lipinski definition) is 3. The lowest BCUT2D eigenvalue weighted by atomic mass is 10.0. The number of thioether (sulfide) groups is 1.